The number of esters is 1. The Morgan fingerprint density at radius 3 is 2.29 bits per heavy atom. The summed E-state index contributed by atoms with van der Waals surface area (Å²) in [5, 5.41) is 64.5. The van der Waals surface area contributed by atoms with E-state index >= 15 is 0 Å². The van der Waals surface area contributed by atoms with Gasteiger partial charge in [0.2, 0.25) is 0 Å². The van der Waals surface area contributed by atoms with Crippen LogP contribution < -0.4 is 10.1 Å². The standard InChI is InChI=1S/C45H62N4O13/c1-23-12-11-13-24(2)44(57)47-35-30(22-46-60-21-19-49-17-15-48(9)16-18-49)39(54)32-33(40(35)55)38(53)28(6)42-34(32)43(56)45(8,62-42)59-20-14-31(58-10)25(3)41(61-29(7)50)27(5)37(52)26(4)36(23)51/h11-14,20,22-23,25-27,31,36-37,41,51-55H,15-19,21H2,1-10H3,(H,47,57)/b12-11+,20-14+,24-13-,46-22+. The van der Waals surface area contributed by atoms with E-state index in [0.717, 1.165) is 32.4 Å². The number of allylic oxidation sites excluding steroid dienone is 2. The van der Waals surface area contributed by atoms with Crippen LogP contribution in [0.1, 0.15) is 70.0 Å². The Kier molecular flexibility index (Phi) is 15.3. The zero-order valence-electron chi connectivity index (χ0n) is 37.2. The number of phenolic OH excluding ortho intramolecular Hbond substituents is 3. The van der Waals surface area contributed by atoms with Crippen LogP contribution in [0.4, 0.5) is 5.69 Å². The zero-order valence-corrected chi connectivity index (χ0v) is 37.2. The highest BCUT2D eigenvalue weighted by Crippen LogP contribution is 2.55. The number of phenols is 3. The molecule has 17 heteroatoms. The molecule has 4 heterocycles. The number of anilines is 1. The average molecular weight is 867 g/mol. The number of methoxy groups -OCH3 is 1. The van der Waals surface area contributed by atoms with E-state index in [1.165, 1.54) is 53.2 Å². The lowest BCUT2D eigenvalue weighted by molar-refractivity contribution is -0.160. The molecule has 9 atom stereocenters. The SMILES string of the molecule is COC1/C=C/OC2(C)Oc3c(C)c(O)c4c(O)c(c(/C=N/OCCN5CCN(C)CC5)c(O)c4c3C2=O)NC(=O)/C(C)=C\C=C\C(C)C(O)C(C)C(O)C(C)C(OC(C)=O)C1C. The molecule has 2 aromatic rings. The molecule has 340 valence electrons. The van der Waals surface area contributed by atoms with Gasteiger partial charge in [-0.1, -0.05) is 51.1 Å². The number of nitrogens with one attached hydrogen (secondary N) is 1. The molecule has 0 radical (unpaired) electrons. The van der Waals surface area contributed by atoms with Crippen LogP contribution >= 0.6 is 0 Å². The summed E-state index contributed by atoms with van der Waals surface area (Å²) in [7, 11) is 3.49. The van der Waals surface area contributed by atoms with E-state index < -0.39 is 88.8 Å². The van der Waals surface area contributed by atoms with Gasteiger partial charge in [0.25, 0.3) is 11.7 Å². The highest BCUT2D eigenvalue weighted by molar-refractivity contribution is 6.23. The molecular formula is C45H62N4O13. The second kappa shape index (κ2) is 19.9. The number of piperazine rings is 1. The number of aliphatic hydroxyl groups excluding tert-OH is 2. The number of hydrogen-bond donors (Lipinski definition) is 6. The number of oxime groups is 1. The molecule has 0 aromatic heterocycles. The van der Waals surface area contributed by atoms with Crippen molar-refractivity contribution in [3.63, 3.8) is 0 Å². The van der Waals surface area contributed by atoms with Gasteiger partial charge >= 0.3 is 11.8 Å². The number of benzene rings is 2. The molecule has 62 heavy (non-hydrogen) atoms. The van der Waals surface area contributed by atoms with Gasteiger partial charge in [-0.15, -0.1) is 0 Å². The molecule has 1 saturated heterocycles. The van der Waals surface area contributed by atoms with Crippen LogP contribution in [0, 0.1) is 30.6 Å². The minimum absolute atomic E-state index is 0.0372. The third-order valence-electron chi connectivity index (χ3n) is 12.4. The van der Waals surface area contributed by atoms with Crippen molar-refractivity contribution in [1.82, 2.24) is 9.80 Å². The summed E-state index contributed by atoms with van der Waals surface area (Å²) in [6, 6.07) is 0. The second-order valence-corrected chi connectivity index (χ2v) is 16.8. The molecule has 5 bridgehead atoms. The molecule has 4 aliphatic heterocycles. The van der Waals surface area contributed by atoms with Gasteiger partial charge in [0.05, 0.1) is 53.0 Å². The summed E-state index contributed by atoms with van der Waals surface area (Å²) in [4.78, 5) is 50.6. The van der Waals surface area contributed by atoms with Crippen molar-refractivity contribution < 1.29 is 63.7 Å². The van der Waals surface area contributed by atoms with Crippen molar-refractivity contribution in [2.45, 2.75) is 85.6 Å². The molecular weight excluding hydrogens is 805 g/mol. The van der Waals surface area contributed by atoms with Crippen LogP contribution in [0.5, 0.6) is 23.0 Å². The van der Waals surface area contributed by atoms with Crippen LogP contribution in [0.2, 0.25) is 0 Å². The van der Waals surface area contributed by atoms with E-state index in [9.17, 15) is 39.9 Å². The van der Waals surface area contributed by atoms with Gasteiger partial charge < -0.3 is 59.5 Å². The maximum atomic E-state index is 14.4. The van der Waals surface area contributed by atoms with Gasteiger partial charge in [0.1, 0.15) is 30.0 Å². The lowest BCUT2D eigenvalue weighted by Gasteiger charge is -2.38. The molecule has 4 aliphatic rings. The Labute approximate surface area is 362 Å². The largest absolute Gasteiger partial charge is 0.507 e. The topological polar surface area (TPSA) is 229 Å². The number of amides is 1. The lowest BCUT2D eigenvalue weighted by Crippen LogP contribution is -2.46. The first-order chi connectivity index (χ1) is 29.2. The highest BCUT2D eigenvalue weighted by Gasteiger charge is 2.50. The Bertz CT molecular complexity index is 2130. The third kappa shape index (κ3) is 9.87. The van der Waals surface area contributed by atoms with Gasteiger partial charge in [-0.05, 0) is 27.0 Å². The fourth-order valence-electron chi connectivity index (χ4n) is 8.26. The Morgan fingerprint density at radius 2 is 1.65 bits per heavy atom. The Hall–Kier alpha value is -5.20. The van der Waals surface area contributed by atoms with E-state index in [1.807, 2.05) is 0 Å². The zero-order chi connectivity index (χ0) is 45.8. The predicted octanol–water partition coefficient (Wildman–Crippen LogP) is 4.35. The van der Waals surface area contributed by atoms with E-state index in [-0.39, 0.29) is 51.1 Å². The Balaban J connectivity index is 1.64. The number of likely N-dealkylation sites (N-methyl/N-ethyl adjacent to an activating group) is 1. The number of carbonyl (C=O) groups excluding carboxylic acids is 3. The number of ketones is 1. The van der Waals surface area contributed by atoms with Crippen molar-refractivity contribution in [2.75, 3.05) is 58.8 Å². The van der Waals surface area contributed by atoms with Gasteiger partial charge in [-0.2, -0.15) is 0 Å². The molecule has 1 fully saturated rings. The van der Waals surface area contributed by atoms with E-state index in [2.05, 4.69) is 27.3 Å². The number of aromatic hydroxyl groups is 3. The molecule has 0 saturated carbocycles. The normalized spacial score (nSPS) is 31.3. The first-order valence-electron chi connectivity index (χ1n) is 20.9. The quantitative estimate of drug-likeness (QED) is 0.0568. The maximum absolute atomic E-state index is 14.4. The second-order valence-electron chi connectivity index (χ2n) is 16.8. The van der Waals surface area contributed by atoms with Crippen LogP contribution in [-0.2, 0) is 28.6 Å². The maximum Gasteiger partial charge on any atom is 0.312 e. The monoisotopic (exact) mass is 866 g/mol. The van der Waals surface area contributed by atoms with Crippen molar-refractivity contribution >= 4 is 40.3 Å². The van der Waals surface area contributed by atoms with Crippen LogP contribution in [0.15, 0.2) is 41.3 Å². The number of rotatable bonds is 7. The van der Waals surface area contributed by atoms with Gasteiger partial charge in [0.15, 0.2) is 5.75 Å². The number of Topliss-reactive ketones (excluding diaryl/α,β-unsaturated/α-hetero) is 1. The molecule has 9 unspecified atom stereocenters. The van der Waals surface area contributed by atoms with E-state index in [1.54, 1.807) is 39.8 Å². The molecule has 1 amide bonds. The summed E-state index contributed by atoms with van der Waals surface area (Å²) in [5.74, 6) is -8.61. The smallest absolute Gasteiger partial charge is 0.312 e. The van der Waals surface area contributed by atoms with Gasteiger partial charge in [-0.3, -0.25) is 19.3 Å². The molecule has 6 rings (SSSR count). The summed E-state index contributed by atoms with van der Waals surface area (Å²) >= 11 is 0. The summed E-state index contributed by atoms with van der Waals surface area (Å²) in [6.07, 6.45) is 4.58. The minimum Gasteiger partial charge on any atom is -0.507 e. The number of carbonyl (C=O) groups is 3. The average Bonchev–Trinajstić information content (AvgIpc) is 3.50. The van der Waals surface area contributed by atoms with Crippen molar-refractivity contribution in [3.8, 4) is 23.0 Å². The summed E-state index contributed by atoms with van der Waals surface area (Å²) < 4.78 is 23.6. The molecule has 2 aromatic carbocycles. The number of hydrogen-bond acceptors (Lipinski definition) is 16. The molecule has 0 aliphatic carbocycles. The first kappa shape index (κ1) is 47.8. The van der Waals surface area contributed by atoms with Gasteiger partial charge in [-0.25, -0.2) is 0 Å². The van der Waals surface area contributed by atoms with Crippen LogP contribution in [0.3, 0.4) is 0 Å². The van der Waals surface area contributed by atoms with Crippen molar-refractivity contribution in [2.24, 2.45) is 28.8 Å². The number of nitrogens with zero attached hydrogens (tertiary/aromatic N) is 3. The summed E-state index contributed by atoms with van der Waals surface area (Å²) in [5.41, 5.74) is -0.582. The lowest BCUT2D eigenvalue weighted by atomic mass is 9.78. The predicted molar refractivity (Wildman–Crippen MR) is 231 cm³/mol. The van der Waals surface area contributed by atoms with E-state index in [0.29, 0.717) is 6.54 Å². The Morgan fingerprint density at radius 1 is 0.968 bits per heavy atom. The number of aliphatic hydroxyl groups is 2. The fraction of sp³-hybridized carbons (Fsp3) is 0.556. The number of fused-ring (bicyclic) bond motifs is 14. The first-order valence-corrected chi connectivity index (χ1v) is 20.9. The molecule has 17 nitrogen and oxygen atoms in total. The van der Waals surface area contributed by atoms with Crippen LogP contribution in [-0.4, -0.2) is 143 Å². The molecule has 0 spiro atoms. The van der Waals surface area contributed by atoms with Crippen molar-refractivity contribution in [1.29, 1.82) is 0 Å². The minimum atomic E-state index is -2.06. The van der Waals surface area contributed by atoms with E-state index in [4.69, 9.17) is 23.8 Å². The highest BCUT2D eigenvalue weighted by atomic mass is 16.7. The summed E-state index contributed by atoms with van der Waals surface area (Å²) in [6.45, 7) is 16.8. The van der Waals surface area contributed by atoms with Crippen LogP contribution in [0.25, 0.3) is 10.8 Å². The number of ether oxygens (including phenoxy) is 4. The van der Waals surface area contributed by atoms with Gasteiger partial charge in [0, 0.05) is 93.9 Å². The van der Waals surface area contributed by atoms with Crippen molar-refractivity contribution in [3.05, 3.63) is 52.8 Å². The molecule has 6 N–H and O–H groups in total. The fourth-order valence-corrected chi connectivity index (χ4v) is 8.26. The third-order valence-corrected chi connectivity index (χ3v) is 12.4.